The molecule has 0 saturated carbocycles. The third kappa shape index (κ3) is 4.53. The molecular formula is C18H20N4O2. The monoisotopic (exact) mass is 324 g/mol. The summed E-state index contributed by atoms with van der Waals surface area (Å²) in [4.78, 5) is 19.5. The predicted octanol–water partition coefficient (Wildman–Crippen LogP) is 2.92. The molecule has 0 aliphatic carbocycles. The van der Waals surface area contributed by atoms with Crippen LogP contribution < -0.4 is 5.32 Å². The molecule has 1 aromatic heterocycles. The van der Waals surface area contributed by atoms with E-state index in [0.717, 1.165) is 16.8 Å². The van der Waals surface area contributed by atoms with Crippen molar-refractivity contribution in [2.24, 2.45) is 5.41 Å². The SMILES string of the molecule is Cc1cc(C#N)nc(NCc2ccc(CC(C)(C)C(=O)O)cc2)n1. The lowest BCUT2D eigenvalue weighted by Crippen LogP contribution is -2.26. The molecule has 2 N–H and O–H groups in total. The second-order valence-corrected chi connectivity index (χ2v) is 6.37. The minimum Gasteiger partial charge on any atom is -0.481 e. The normalized spacial score (nSPS) is 10.9. The molecule has 0 spiro atoms. The van der Waals surface area contributed by atoms with Crippen LogP contribution in [0.2, 0.25) is 0 Å². The average Bonchev–Trinajstić information content (AvgIpc) is 2.53. The molecule has 0 unspecified atom stereocenters. The van der Waals surface area contributed by atoms with Crippen LogP contribution in [0.1, 0.15) is 36.4 Å². The van der Waals surface area contributed by atoms with Gasteiger partial charge >= 0.3 is 5.97 Å². The van der Waals surface area contributed by atoms with Crippen molar-refractivity contribution in [2.45, 2.75) is 33.7 Å². The number of nitrogens with one attached hydrogen (secondary N) is 1. The van der Waals surface area contributed by atoms with Gasteiger partial charge in [0.05, 0.1) is 5.41 Å². The number of aromatic nitrogens is 2. The number of carboxylic acid groups (broad SMARTS) is 1. The molecule has 0 bridgehead atoms. The summed E-state index contributed by atoms with van der Waals surface area (Å²) in [5.74, 6) is -0.388. The van der Waals surface area contributed by atoms with Crippen molar-refractivity contribution in [1.82, 2.24) is 9.97 Å². The van der Waals surface area contributed by atoms with Gasteiger partial charge < -0.3 is 10.4 Å². The van der Waals surface area contributed by atoms with Gasteiger partial charge in [-0.05, 0) is 44.4 Å². The van der Waals surface area contributed by atoms with Gasteiger partial charge in [0.15, 0.2) is 0 Å². The van der Waals surface area contributed by atoms with Crippen LogP contribution in [0, 0.1) is 23.7 Å². The average molecular weight is 324 g/mol. The second kappa shape index (κ2) is 7.09. The zero-order chi connectivity index (χ0) is 17.7. The van der Waals surface area contributed by atoms with Crippen LogP contribution in [0.4, 0.5) is 5.95 Å². The van der Waals surface area contributed by atoms with Crippen molar-refractivity contribution in [1.29, 1.82) is 5.26 Å². The summed E-state index contributed by atoms with van der Waals surface area (Å²) < 4.78 is 0. The summed E-state index contributed by atoms with van der Waals surface area (Å²) in [5, 5.41) is 21.2. The van der Waals surface area contributed by atoms with E-state index in [1.165, 1.54) is 0 Å². The number of carbonyl (C=O) groups is 1. The molecule has 24 heavy (non-hydrogen) atoms. The number of anilines is 1. The fraction of sp³-hybridized carbons (Fsp3) is 0.333. The van der Waals surface area contributed by atoms with Gasteiger partial charge in [-0.1, -0.05) is 24.3 Å². The molecule has 0 saturated heterocycles. The highest BCUT2D eigenvalue weighted by Crippen LogP contribution is 2.22. The number of hydrogen-bond acceptors (Lipinski definition) is 5. The van der Waals surface area contributed by atoms with E-state index < -0.39 is 11.4 Å². The van der Waals surface area contributed by atoms with Gasteiger partial charge in [0.25, 0.3) is 0 Å². The van der Waals surface area contributed by atoms with E-state index >= 15 is 0 Å². The Bertz CT molecular complexity index is 777. The molecule has 0 amide bonds. The van der Waals surface area contributed by atoms with Crippen LogP contribution in [-0.2, 0) is 17.8 Å². The molecule has 1 aromatic carbocycles. The summed E-state index contributed by atoms with van der Waals surface area (Å²) in [7, 11) is 0. The number of aryl methyl sites for hydroxylation is 1. The van der Waals surface area contributed by atoms with Crippen LogP contribution in [0.25, 0.3) is 0 Å². The number of hydrogen-bond donors (Lipinski definition) is 2. The van der Waals surface area contributed by atoms with Crippen LogP contribution in [0.5, 0.6) is 0 Å². The molecule has 1 heterocycles. The Morgan fingerprint density at radius 1 is 1.25 bits per heavy atom. The highest BCUT2D eigenvalue weighted by Gasteiger charge is 2.27. The molecule has 124 valence electrons. The van der Waals surface area contributed by atoms with Gasteiger partial charge in [-0.2, -0.15) is 5.26 Å². The minimum absolute atomic E-state index is 0.330. The van der Waals surface area contributed by atoms with E-state index in [2.05, 4.69) is 15.3 Å². The summed E-state index contributed by atoms with van der Waals surface area (Å²) in [5.41, 5.74) is 2.27. The second-order valence-electron chi connectivity index (χ2n) is 6.37. The third-order valence-electron chi connectivity index (χ3n) is 3.67. The van der Waals surface area contributed by atoms with Gasteiger partial charge in [-0.15, -0.1) is 0 Å². The summed E-state index contributed by atoms with van der Waals surface area (Å²) in [6, 6.07) is 11.4. The molecule has 2 rings (SSSR count). The number of nitriles is 1. The largest absolute Gasteiger partial charge is 0.481 e. The topological polar surface area (TPSA) is 98.9 Å². The van der Waals surface area contributed by atoms with Crippen LogP contribution in [0.15, 0.2) is 30.3 Å². The number of rotatable bonds is 6. The summed E-state index contributed by atoms with van der Waals surface area (Å²) in [6.07, 6.45) is 0.475. The van der Waals surface area contributed by atoms with E-state index in [1.807, 2.05) is 37.3 Å². The molecule has 0 aliphatic heterocycles. The first-order valence-electron chi connectivity index (χ1n) is 7.61. The molecule has 0 aliphatic rings. The van der Waals surface area contributed by atoms with Gasteiger partial charge in [-0.3, -0.25) is 4.79 Å². The zero-order valence-electron chi connectivity index (χ0n) is 14.0. The Balaban J connectivity index is 2.01. The lowest BCUT2D eigenvalue weighted by atomic mass is 9.86. The van der Waals surface area contributed by atoms with Crippen molar-refractivity contribution >= 4 is 11.9 Å². The number of nitrogens with zero attached hydrogens (tertiary/aromatic N) is 3. The van der Waals surface area contributed by atoms with Gasteiger partial charge in [0.1, 0.15) is 11.8 Å². The lowest BCUT2D eigenvalue weighted by Gasteiger charge is -2.19. The van der Waals surface area contributed by atoms with E-state index in [9.17, 15) is 9.90 Å². The third-order valence-corrected chi connectivity index (χ3v) is 3.67. The number of aliphatic carboxylic acids is 1. The highest BCUT2D eigenvalue weighted by atomic mass is 16.4. The first-order valence-corrected chi connectivity index (χ1v) is 7.61. The van der Waals surface area contributed by atoms with Crippen molar-refractivity contribution in [2.75, 3.05) is 5.32 Å². The van der Waals surface area contributed by atoms with Crippen molar-refractivity contribution in [3.05, 3.63) is 52.8 Å². The molecular weight excluding hydrogens is 304 g/mol. The molecule has 2 aromatic rings. The lowest BCUT2D eigenvalue weighted by molar-refractivity contribution is -0.146. The zero-order valence-corrected chi connectivity index (χ0v) is 14.0. The Hall–Kier alpha value is -2.94. The molecule has 0 fully saturated rings. The van der Waals surface area contributed by atoms with Gasteiger partial charge in [0, 0.05) is 12.2 Å². The van der Waals surface area contributed by atoms with Crippen molar-refractivity contribution in [3.63, 3.8) is 0 Å². The van der Waals surface area contributed by atoms with Crippen molar-refractivity contribution < 1.29 is 9.90 Å². The number of carboxylic acids is 1. The smallest absolute Gasteiger partial charge is 0.309 e. The summed E-state index contributed by atoms with van der Waals surface area (Å²) >= 11 is 0. The van der Waals surface area contributed by atoms with Gasteiger partial charge in [-0.25, -0.2) is 9.97 Å². The molecule has 0 radical (unpaired) electrons. The maximum Gasteiger partial charge on any atom is 0.309 e. The Morgan fingerprint density at radius 2 is 1.88 bits per heavy atom. The first kappa shape index (κ1) is 17.4. The molecule has 0 atom stereocenters. The fourth-order valence-electron chi connectivity index (χ4n) is 2.25. The van der Waals surface area contributed by atoms with E-state index in [4.69, 9.17) is 5.26 Å². The molecule has 6 nitrogen and oxygen atoms in total. The Kier molecular flexibility index (Phi) is 5.14. The van der Waals surface area contributed by atoms with Crippen molar-refractivity contribution in [3.8, 4) is 6.07 Å². The Morgan fingerprint density at radius 3 is 2.46 bits per heavy atom. The van der Waals surface area contributed by atoms with E-state index in [1.54, 1.807) is 19.9 Å². The van der Waals surface area contributed by atoms with Crippen LogP contribution in [-0.4, -0.2) is 21.0 Å². The quantitative estimate of drug-likeness (QED) is 0.847. The fourth-order valence-corrected chi connectivity index (χ4v) is 2.25. The van der Waals surface area contributed by atoms with E-state index in [0.29, 0.717) is 24.6 Å². The minimum atomic E-state index is -0.807. The number of benzene rings is 1. The van der Waals surface area contributed by atoms with E-state index in [-0.39, 0.29) is 0 Å². The predicted molar refractivity (Wildman–Crippen MR) is 90.4 cm³/mol. The van der Waals surface area contributed by atoms with Crippen LogP contribution in [0.3, 0.4) is 0 Å². The maximum absolute atomic E-state index is 11.2. The maximum atomic E-state index is 11.2. The standard InChI is InChI=1S/C18H20N4O2/c1-12-8-15(10-19)22-17(21-12)20-11-14-6-4-13(5-7-14)9-18(2,3)16(23)24/h4-8H,9,11H2,1-3H3,(H,23,24)(H,20,21,22). The van der Waals surface area contributed by atoms with Gasteiger partial charge in [0.2, 0.25) is 5.95 Å². The highest BCUT2D eigenvalue weighted by molar-refractivity contribution is 5.74. The Labute approximate surface area is 141 Å². The molecule has 6 heteroatoms. The first-order chi connectivity index (χ1) is 11.3. The van der Waals surface area contributed by atoms with Crippen LogP contribution >= 0.6 is 0 Å². The summed E-state index contributed by atoms with van der Waals surface area (Å²) in [6.45, 7) is 5.77.